The average Bonchev–Trinajstić information content (AvgIpc) is 3.62. The van der Waals surface area contributed by atoms with Crippen LogP contribution in [0.25, 0.3) is 39.1 Å². The number of aromatic nitrogens is 5. The summed E-state index contributed by atoms with van der Waals surface area (Å²) >= 11 is 0. The molecule has 43 heavy (non-hydrogen) atoms. The number of hydrogen-bond donors (Lipinski definition) is 1. The van der Waals surface area contributed by atoms with Crippen LogP contribution >= 0.6 is 0 Å². The smallest absolute Gasteiger partial charge is 0.235 e. The van der Waals surface area contributed by atoms with Gasteiger partial charge in [0, 0.05) is 42.5 Å². The molecule has 222 valence electrons. The van der Waals surface area contributed by atoms with E-state index in [0.29, 0.717) is 29.6 Å². The molecule has 3 heterocycles. The number of anilines is 1. The Kier molecular flexibility index (Phi) is 7.15. The number of sulfonamides is 1. The molecule has 0 amide bonds. The van der Waals surface area contributed by atoms with Gasteiger partial charge in [-0.05, 0) is 60.9 Å². The summed E-state index contributed by atoms with van der Waals surface area (Å²) in [5, 5.41) is 8.21. The number of fused-ring (bicyclic) bond motifs is 1. The van der Waals surface area contributed by atoms with Crippen molar-refractivity contribution in [1.29, 1.82) is 0 Å². The van der Waals surface area contributed by atoms with Gasteiger partial charge in [0.1, 0.15) is 23.7 Å². The van der Waals surface area contributed by atoms with Crippen LogP contribution in [0.4, 0.5) is 14.5 Å². The SMILES string of the molecule is O=S(=O)(Nc1cc(-c2ccc(F)cc2F)cc(-n2cnc3cc(-c4cn(CCN5CCOCC5)nn4)ccc32)c1)C1CC1. The Balaban J connectivity index is 1.20. The van der Waals surface area contributed by atoms with Crippen molar-refractivity contribution in [3.63, 3.8) is 0 Å². The zero-order valence-corrected chi connectivity index (χ0v) is 24.0. The number of nitrogens with zero attached hydrogens (tertiary/aromatic N) is 6. The van der Waals surface area contributed by atoms with Crippen LogP contribution in [-0.4, -0.2) is 76.0 Å². The first kappa shape index (κ1) is 27.6. The standard InChI is InChI=1S/C30H29F2N7O3S/c31-22-2-5-26(27(32)16-22)21-13-23(35-43(40,41)25-3-4-25)17-24(14-21)39-19-33-28-15-20(1-6-30(28)39)29-18-38(36-34-29)8-7-37-9-11-42-12-10-37/h1-2,5-6,13-19,25,35H,3-4,7-12H2. The molecule has 0 radical (unpaired) electrons. The van der Waals surface area contributed by atoms with Gasteiger partial charge in [-0.2, -0.15) is 0 Å². The van der Waals surface area contributed by atoms with Gasteiger partial charge < -0.3 is 4.74 Å². The highest BCUT2D eigenvalue weighted by molar-refractivity contribution is 7.93. The summed E-state index contributed by atoms with van der Waals surface area (Å²) in [6.45, 7) is 4.92. The van der Waals surface area contributed by atoms with Crippen molar-refractivity contribution in [2.75, 3.05) is 37.6 Å². The van der Waals surface area contributed by atoms with Crippen molar-refractivity contribution in [1.82, 2.24) is 29.4 Å². The summed E-state index contributed by atoms with van der Waals surface area (Å²) in [4.78, 5) is 6.93. The third-order valence-corrected chi connectivity index (χ3v) is 9.66. The lowest BCUT2D eigenvalue weighted by Gasteiger charge is -2.26. The van der Waals surface area contributed by atoms with E-state index in [4.69, 9.17) is 4.74 Å². The molecular formula is C30H29F2N7O3S. The Bertz CT molecular complexity index is 1910. The number of rotatable bonds is 9. The van der Waals surface area contributed by atoms with Gasteiger partial charge in [0.2, 0.25) is 10.0 Å². The molecule has 10 nitrogen and oxygen atoms in total. The third kappa shape index (κ3) is 5.88. The van der Waals surface area contributed by atoms with Crippen molar-refractivity contribution in [3.05, 3.63) is 78.8 Å². The number of imidazole rings is 1. The predicted molar refractivity (Wildman–Crippen MR) is 158 cm³/mol. The third-order valence-electron chi connectivity index (χ3n) is 7.79. The maximum Gasteiger partial charge on any atom is 0.235 e. The molecule has 0 unspecified atom stereocenters. The van der Waals surface area contributed by atoms with Gasteiger partial charge >= 0.3 is 0 Å². The van der Waals surface area contributed by atoms with Gasteiger partial charge in [-0.3, -0.25) is 18.9 Å². The summed E-state index contributed by atoms with van der Waals surface area (Å²) in [5.41, 5.74) is 4.44. The summed E-state index contributed by atoms with van der Waals surface area (Å²) in [5.74, 6) is -1.44. The number of halogens is 2. The molecule has 0 atom stereocenters. The molecule has 7 rings (SSSR count). The molecule has 0 spiro atoms. The highest BCUT2D eigenvalue weighted by Gasteiger charge is 2.35. The maximum atomic E-state index is 14.8. The van der Waals surface area contributed by atoms with Crippen LogP contribution in [0, 0.1) is 11.6 Å². The Morgan fingerprint density at radius 2 is 1.79 bits per heavy atom. The highest BCUT2D eigenvalue weighted by atomic mass is 32.2. The Morgan fingerprint density at radius 3 is 2.58 bits per heavy atom. The van der Waals surface area contributed by atoms with Crippen molar-refractivity contribution in [2.24, 2.45) is 0 Å². The summed E-state index contributed by atoms with van der Waals surface area (Å²) in [6, 6.07) is 14.0. The van der Waals surface area contributed by atoms with Crippen LogP contribution in [0.15, 0.2) is 67.1 Å². The molecule has 3 aromatic carbocycles. The van der Waals surface area contributed by atoms with Crippen LogP contribution in [0.1, 0.15) is 12.8 Å². The number of ether oxygens (including phenoxy) is 1. The molecule has 5 aromatic rings. The minimum atomic E-state index is -3.58. The van der Waals surface area contributed by atoms with Crippen LogP contribution in [-0.2, 0) is 21.3 Å². The van der Waals surface area contributed by atoms with Crippen LogP contribution < -0.4 is 4.72 Å². The van der Waals surface area contributed by atoms with E-state index in [1.54, 1.807) is 29.1 Å². The van der Waals surface area contributed by atoms with Crippen molar-refractivity contribution >= 4 is 26.7 Å². The van der Waals surface area contributed by atoms with Gasteiger partial charge in [-0.1, -0.05) is 11.3 Å². The second kappa shape index (κ2) is 11.1. The lowest BCUT2D eigenvalue weighted by molar-refractivity contribution is 0.0359. The zero-order valence-electron chi connectivity index (χ0n) is 23.2. The largest absolute Gasteiger partial charge is 0.379 e. The van der Waals surface area contributed by atoms with E-state index < -0.39 is 26.9 Å². The first-order chi connectivity index (χ1) is 20.8. The minimum absolute atomic E-state index is 0.151. The quantitative estimate of drug-likeness (QED) is 0.264. The van der Waals surface area contributed by atoms with E-state index in [1.807, 2.05) is 29.1 Å². The van der Waals surface area contributed by atoms with Gasteiger partial charge in [0.25, 0.3) is 0 Å². The van der Waals surface area contributed by atoms with Crippen molar-refractivity contribution in [2.45, 2.75) is 24.6 Å². The molecule has 2 fully saturated rings. The van der Waals surface area contributed by atoms with Crippen molar-refractivity contribution < 1.29 is 21.9 Å². The first-order valence-corrected chi connectivity index (χ1v) is 15.7. The summed E-state index contributed by atoms with van der Waals surface area (Å²) < 4.78 is 65.7. The molecule has 2 aliphatic rings. The van der Waals surface area contributed by atoms with E-state index in [2.05, 4.69) is 24.9 Å². The number of benzene rings is 3. The molecule has 2 aromatic heterocycles. The second-order valence-electron chi connectivity index (χ2n) is 10.9. The van der Waals surface area contributed by atoms with Gasteiger partial charge in [0.15, 0.2) is 0 Å². The van der Waals surface area contributed by atoms with E-state index in [9.17, 15) is 17.2 Å². The molecule has 1 aliphatic carbocycles. The number of morpholine rings is 1. The van der Waals surface area contributed by atoms with E-state index >= 15 is 0 Å². The first-order valence-electron chi connectivity index (χ1n) is 14.1. The van der Waals surface area contributed by atoms with E-state index in [0.717, 1.165) is 62.2 Å². The van der Waals surface area contributed by atoms with Crippen LogP contribution in [0.5, 0.6) is 0 Å². The molecule has 1 aliphatic heterocycles. The van der Waals surface area contributed by atoms with Gasteiger partial charge in [-0.25, -0.2) is 22.2 Å². The zero-order chi connectivity index (χ0) is 29.6. The van der Waals surface area contributed by atoms with Crippen LogP contribution in [0.3, 0.4) is 0 Å². The number of nitrogens with one attached hydrogen (secondary N) is 1. The van der Waals surface area contributed by atoms with Crippen molar-refractivity contribution in [3.8, 4) is 28.1 Å². The Labute approximate surface area is 247 Å². The lowest BCUT2D eigenvalue weighted by atomic mass is 10.0. The minimum Gasteiger partial charge on any atom is -0.379 e. The molecule has 0 bridgehead atoms. The highest BCUT2D eigenvalue weighted by Crippen LogP contribution is 2.34. The monoisotopic (exact) mass is 605 g/mol. The molecule has 1 N–H and O–H groups in total. The fraction of sp³-hybridized carbons (Fsp3) is 0.300. The maximum absolute atomic E-state index is 14.8. The average molecular weight is 606 g/mol. The van der Waals surface area contributed by atoms with E-state index in [1.165, 1.54) is 12.1 Å². The second-order valence-corrected chi connectivity index (χ2v) is 12.8. The molecule has 1 saturated carbocycles. The topological polar surface area (TPSA) is 107 Å². The predicted octanol–water partition coefficient (Wildman–Crippen LogP) is 4.47. The Morgan fingerprint density at radius 1 is 0.953 bits per heavy atom. The molecule has 1 saturated heterocycles. The van der Waals surface area contributed by atoms with E-state index in [-0.39, 0.29) is 11.3 Å². The van der Waals surface area contributed by atoms with Gasteiger partial charge in [-0.15, -0.1) is 5.10 Å². The fourth-order valence-corrected chi connectivity index (χ4v) is 6.67. The number of hydrogen-bond acceptors (Lipinski definition) is 7. The molecular weight excluding hydrogens is 576 g/mol. The van der Waals surface area contributed by atoms with Gasteiger partial charge in [0.05, 0.1) is 47.9 Å². The van der Waals surface area contributed by atoms with Crippen LogP contribution in [0.2, 0.25) is 0 Å². The lowest BCUT2D eigenvalue weighted by Crippen LogP contribution is -2.38. The fourth-order valence-electron chi connectivity index (χ4n) is 5.30. The summed E-state index contributed by atoms with van der Waals surface area (Å²) in [7, 11) is -3.58. The summed E-state index contributed by atoms with van der Waals surface area (Å²) in [6.07, 6.45) is 4.75. The Hall–Kier alpha value is -4.20. The molecule has 13 heteroatoms. The normalized spacial score (nSPS) is 16.1.